The van der Waals surface area contributed by atoms with Crippen LogP contribution in [0.1, 0.15) is 297 Å². The molecule has 2 aromatic carbocycles. The molecule has 8 atom stereocenters. The van der Waals surface area contributed by atoms with Gasteiger partial charge in [-0.25, -0.2) is 0 Å². The van der Waals surface area contributed by atoms with Crippen molar-refractivity contribution in [3.63, 3.8) is 0 Å². The molecule has 1 aliphatic heterocycles. The highest BCUT2D eigenvalue weighted by Gasteiger charge is 2.50. The van der Waals surface area contributed by atoms with Crippen molar-refractivity contribution in [3.05, 3.63) is 71.8 Å². The van der Waals surface area contributed by atoms with Gasteiger partial charge in [0.2, 0.25) is 5.91 Å². The highest BCUT2D eigenvalue weighted by molar-refractivity contribution is 6.74. The molecule has 13 heteroatoms. The van der Waals surface area contributed by atoms with E-state index in [-0.39, 0.29) is 43.8 Å². The number of esters is 2. The number of rotatable bonds is 54. The molecule has 0 unspecified atom stereocenters. The van der Waals surface area contributed by atoms with E-state index in [2.05, 4.69) is 53.0 Å². The normalized spacial score (nSPS) is 18.3. The third kappa shape index (κ3) is 36.5. The highest BCUT2D eigenvalue weighted by atomic mass is 28.4. The van der Waals surface area contributed by atoms with Gasteiger partial charge in [-0.3, -0.25) is 14.4 Å². The molecule has 0 aliphatic carbocycles. The molecule has 12 nitrogen and oxygen atoms in total. The van der Waals surface area contributed by atoms with E-state index in [1.165, 1.54) is 187 Å². The first-order chi connectivity index (χ1) is 42.1. The van der Waals surface area contributed by atoms with Crippen LogP contribution in [0.4, 0.5) is 0 Å². The number of hydrogen-bond donors (Lipinski definition) is 2. The Morgan fingerprint density at radius 1 is 0.529 bits per heavy atom. The summed E-state index contributed by atoms with van der Waals surface area (Å²) in [6.07, 6.45) is 37.6. The first-order valence-corrected chi connectivity index (χ1v) is 38.5. The Bertz CT molecular complexity index is 1990. The second-order valence-corrected chi connectivity index (χ2v) is 31.9. The molecule has 1 aliphatic rings. The van der Waals surface area contributed by atoms with Crippen LogP contribution >= 0.6 is 0 Å². The van der Waals surface area contributed by atoms with Gasteiger partial charge in [-0.15, -0.1) is 0 Å². The van der Waals surface area contributed by atoms with E-state index in [1.807, 2.05) is 60.7 Å². The zero-order valence-electron chi connectivity index (χ0n) is 56.9. The molecule has 2 aromatic rings. The van der Waals surface area contributed by atoms with Gasteiger partial charge in [0, 0.05) is 20.3 Å². The lowest BCUT2D eigenvalue weighted by Crippen LogP contribution is -2.62. The molecule has 0 radical (unpaired) electrons. The lowest BCUT2D eigenvalue weighted by atomic mass is 9.97. The maximum atomic E-state index is 14.2. The maximum absolute atomic E-state index is 14.2. The molecule has 1 fully saturated rings. The van der Waals surface area contributed by atoms with Gasteiger partial charge in [-0.2, -0.15) is 0 Å². The number of aliphatic hydroxyl groups is 1. The first kappa shape index (κ1) is 78.1. The third-order valence-corrected chi connectivity index (χ3v) is 22.6. The van der Waals surface area contributed by atoms with Crippen LogP contribution < -0.4 is 5.32 Å². The molecule has 0 bridgehead atoms. The molecule has 0 spiro atoms. The summed E-state index contributed by atoms with van der Waals surface area (Å²) in [5, 5.41) is 15.4. The van der Waals surface area contributed by atoms with E-state index in [0.717, 1.165) is 56.1 Å². The van der Waals surface area contributed by atoms with Crippen LogP contribution in [0.25, 0.3) is 0 Å². The van der Waals surface area contributed by atoms with Crippen molar-refractivity contribution in [1.82, 2.24) is 5.32 Å². The summed E-state index contributed by atoms with van der Waals surface area (Å²) in [6.45, 7) is 18.3. The quantitative estimate of drug-likeness (QED) is 0.0370. The minimum absolute atomic E-state index is 0.0808. The molecule has 1 saturated heterocycles. The topological polar surface area (TPSA) is 148 Å². The van der Waals surface area contributed by atoms with Gasteiger partial charge in [0.25, 0.3) is 0 Å². The van der Waals surface area contributed by atoms with E-state index in [9.17, 15) is 19.5 Å². The first-order valence-electron chi connectivity index (χ1n) is 35.6. The molecule has 1 heterocycles. The minimum atomic E-state index is -2.33. The number of carbonyl (C=O) groups excluding carboxylic acids is 3. The Morgan fingerprint density at radius 2 is 0.908 bits per heavy atom. The van der Waals surface area contributed by atoms with Gasteiger partial charge in [-0.05, 0) is 48.5 Å². The highest BCUT2D eigenvalue weighted by Crippen LogP contribution is 2.38. The van der Waals surface area contributed by atoms with Gasteiger partial charge < -0.3 is 43.3 Å². The maximum Gasteiger partial charge on any atom is 0.303 e. The van der Waals surface area contributed by atoms with Gasteiger partial charge in [0.15, 0.2) is 20.7 Å². The second kappa shape index (κ2) is 48.6. The number of aliphatic hydroxyl groups excluding tert-OH is 1. The Hall–Kier alpha value is -3.17. The number of nitrogens with one attached hydrogen (secondary N) is 1. The molecule has 1 amide bonds. The van der Waals surface area contributed by atoms with Gasteiger partial charge in [0.1, 0.15) is 30.5 Å². The Balaban J connectivity index is 1.73. The van der Waals surface area contributed by atoms with E-state index >= 15 is 0 Å². The van der Waals surface area contributed by atoms with Crippen molar-refractivity contribution in [2.24, 2.45) is 0 Å². The summed E-state index contributed by atoms with van der Waals surface area (Å²) in [6, 6.07) is 18.6. The molecule has 2 N–H and O–H groups in total. The average molecular weight is 1240 g/mol. The van der Waals surface area contributed by atoms with Crippen LogP contribution in [0, 0.1) is 0 Å². The van der Waals surface area contributed by atoms with E-state index < -0.39 is 69.2 Å². The molecular weight excluding hydrogens is 1110 g/mol. The zero-order chi connectivity index (χ0) is 63.2. The fourth-order valence-corrected chi connectivity index (χ4v) is 12.6. The van der Waals surface area contributed by atoms with Crippen LogP contribution in [0.2, 0.25) is 18.1 Å². The Morgan fingerprint density at radius 3 is 1.30 bits per heavy atom. The summed E-state index contributed by atoms with van der Waals surface area (Å²) in [5.41, 5.74) is 1.82. The van der Waals surface area contributed by atoms with Crippen LogP contribution in [-0.4, -0.2) is 93.4 Å². The predicted molar refractivity (Wildman–Crippen MR) is 359 cm³/mol. The molecule has 0 aromatic heterocycles. The average Bonchev–Trinajstić information content (AvgIpc) is 1.85. The fraction of sp³-hybridized carbons (Fsp3) is 0.797. The van der Waals surface area contributed by atoms with E-state index in [4.69, 9.17) is 32.8 Å². The Labute approximate surface area is 532 Å². The summed E-state index contributed by atoms with van der Waals surface area (Å²) >= 11 is 0. The molecule has 3 rings (SSSR count). The minimum Gasteiger partial charge on any atom is -0.459 e. The molecule has 87 heavy (non-hydrogen) atoms. The smallest absolute Gasteiger partial charge is 0.303 e. The summed E-state index contributed by atoms with van der Waals surface area (Å²) < 4.78 is 45.9. The predicted octanol–water partition coefficient (Wildman–Crippen LogP) is 19.1. The lowest BCUT2D eigenvalue weighted by molar-refractivity contribution is -0.320. The molecule has 500 valence electrons. The summed E-state index contributed by atoms with van der Waals surface area (Å²) in [7, 11) is -2.33. The number of hydrogen-bond acceptors (Lipinski definition) is 11. The fourth-order valence-electron chi connectivity index (χ4n) is 11.6. The number of benzene rings is 2. The molecule has 0 saturated carbocycles. The standard InChI is InChI=1S/C74H129NO11Si/c1-10-12-14-16-18-20-22-24-25-26-27-28-29-30-31-32-33-34-36-38-40-42-50-56-68(78)75-65(70(85-62(4)77)66(84-61(3)76)55-49-41-39-37-35-23-21-19-17-15-13-11-2)59-82-73-72(81-58-64-53-47-44-48-54-64)71(80-57-63-51-45-43-46-52-63)69(79)67(86-73)60-83-87(8,9)74(5,6)7/h43-48,51-54,65-67,69-73,79H,10-42,49-50,55-60H2,1-9H3,(H,75,78)/t65-,66+,67+,69-,70-,71-,72+,73-/m0/s1. The van der Waals surface area contributed by atoms with E-state index in [1.54, 1.807) is 0 Å². The second-order valence-electron chi connectivity index (χ2n) is 27.1. The van der Waals surface area contributed by atoms with Crippen LogP contribution in [0.3, 0.4) is 0 Å². The van der Waals surface area contributed by atoms with Crippen molar-refractivity contribution in [3.8, 4) is 0 Å². The van der Waals surface area contributed by atoms with Crippen LogP contribution in [-0.2, 0) is 60.4 Å². The van der Waals surface area contributed by atoms with Crippen molar-refractivity contribution < 1.29 is 52.3 Å². The molecular formula is C74H129NO11Si. The number of ether oxygens (including phenoxy) is 6. The van der Waals surface area contributed by atoms with Gasteiger partial charge in [-0.1, -0.05) is 307 Å². The SMILES string of the molecule is CCCCCCCCCCCCCCCCCCCCCCCCCC(=O)N[C@@H](CO[C@H]1O[C@H](CO[Si](C)(C)C(C)(C)C)[C@H](O)[C@H](OCc2ccccc2)[C@H]1OCc1ccccc1)[C@H](OC(C)=O)[C@@H](CCCCCCCCCCCCCC)OC(C)=O. The number of unbranched alkanes of at least 4 members (excludes halogenated alkanes) is 33. The largest absolute Gasteiger partial charge is 0.459 e. The van der Waals surface area contributed by atoms with Crippen LogP contribution in [0.15, 0.2) is 60.7 Å². The van der Waals surface area contributed by atoms with E-state index in [0.29, 0.717) is 12.8 Å². The van der Waals surface area contributed by atoms with Gasteiger partial charge in [0.05, 0.1) is 32.5 Å². The number of carbonyl (C=O) groups is 3. The van der Waals surface area contributed by atoms with Crippen molar-refractivity contribution in [1.29, 1.82) is 0 Å². The Kier molecular flexibility index (Phi) is 43.6. The van der Waals surface area contributed by atoms with Crippen molar-refractivity contribution >= 4 is 26.2 Å². The monoisotopic (exact) mass is 1240 g/mol. The third-order valence-electron chi connectivity index (χ3n) is 18.1. The van der Waals surface area contributed by atoms with Crippen molar-refractivity contribution in [2.45, 2.75) is 366 Å². The lowest BCUT2D eigenvalue weighted by Gasteiger charge is -2.46. The summed E-state index contributed by atoms with van der Waals surface area (Å²) in [4.78, 5) is 40.4. The number of amides is 1. The zero-order valence-corrected chi connectivity index (χ0v) is 57.9. The summed E-state index contributed by atoms with van der Waals surface area (Å²) in [5.74, 6) is -1.29. The van der Waals surface area contributed by atoms with Crippen LogP contribution in [0.5, 0.6) is 0 Å². The van der Waals surface area contributed by atoms with Gasteiger partial charge >= 0.3 is 11.9 Å². The van der Waals surface area contributed by atoms with Crippen molar-refractivity contribution in [2.75, 3.05) is 13.2 Å².